The molecule has 1 N–H and O–H groups in total. The summed E-state index contributed by atoms with van der Waals surface area (Å²) in [5.41, 5.74) is -0.669. The molecule has 2 amide bonds. The van der Waals surface area contributed by atoms with Crippen molar-refractivity contribution in [1.82, 2.24) is 4.90 Å². The Kier molecular flexibility index (Phi) is 7.41. The fraction of sp³-hybridized carbons (Fsp3) is 0.625. The molecular formula is C24H33FN2O5. The molecule has 1 saturated carbocycles. The van der Waals surface area contributed by atoms with Gasteiger partial charge < -0.3 is 14.8 Å². The van der Waals surface area contributed by atoms with Crippen molar-refractivity contribution < 1.29 is 28.2 Å². The van der Waals surface area contributed by atoms with Crippen LogP contribution in [0.1, 0.15) is 69.7 Å². The van der Waals surface area contributed by atoms with Crippen molar-refractivity contribution >= 4 is 23.7 Å². The second-order valence-electron chi connectivity index (χ2n) is 9.64. The van der Waals surface area contributed by atoms with Gasteiger partial charge >= 0.3 is 12.1 Å². The van der Waals surface area contributed by atoms with Crippen molar-refractivity contribution in [3.63, 3.8) is 0 Å². The number of ether oxygens (including phenoxy) is 2. The molecule has 2 aliphatic rings. The zero-order valence-corrected chi connectivity index (χ0v) is 19.3. The largest absolute Gasteiger partial charge is 0.465 e. The monoisotopic (exact) mass is 448 g/mol. The van der Waals surface area contributed by atoms with Gasteiger partial charge in [-0.1, -0.05) is 32.1 Å². The summed E-state index contributed by atoms with van der Waals surface area (Å²) in [5.74, 6) is -1.49. The molecule has 1 aliphatic carbocycles. The molecule has 2 fully saturated rings. The van der Waals surface area contributed by atoms with Crippen molar-refractivity contribution in [2.24, 2.45) is 11.8 Å². The standard InChI is InChI=1S/C24H33FN2O5/c1-24(2,3)32-23(30)27-13-12-17(15-8-6-5-7-9-15)20(27)21(28)26-19-11-10-16(14-18(19)25)22(29)31-4/h10-11,14-15,17,20H,5-9,12-13H2,1-4H3,(H,26,28)/t17-,20-/m0/s1. The lowest BCUT2D eigenvalue weighted by atomic mass is 9.76. The molecule has 0 aromatic heterocycles. The molecule has 2 atom stereocenters. The molecule has 0 spiro atoms. The Bertz CT molecular complexity index is 860. The fourth-order valence-corrected chi connectivity index (χ4v) is 4.80. The van der Waals surface area contributed by atoms with Crippen LogP contribution in [-0.4, -0.2) is 48.2 Å². The Hall–Kier alpha value is -2.64. The quantitative estimate of drug-likeness (QED) is 0.672. The number of esters is 1. The third kappa shape index (κ3) is 5.58. The number of rotatable bonds is 4. The number of likely N-dealkylation sites (tertiary alicyclic amines) is 1. The first-order valence-corrected chi connectivity index (χ1v) is 11.3. The van der Waals surface area contributed by atoms with E-state index in [1.807, 2.05) is 0 Å². The van der Waals surface area contributed by atoms with E-state index in [-0.39, 0.29) is 17.2 Å². The summed E-state index contributed by atoms with van der Waals surface area (Å²) in [5, 5.41) is 2.64. The van der Waals surface area contributed by atoms with Crippen molar-refractivity contribution in [2.45, 2.75) is 70.9 Å². The van der Waals surface area contributed by atoms with Crippen LogP contribution in [0.15, 0.2) is 18.2 Å². The zero-order valence-electron chi connectivity index (χ0n) is 19.3. The highest BCUT2D eigenvalue weighted by Gasteiger charge is 2.46. The van der Waals surface area contributed by atoms with Gasteiger partial charge in [0.2, 0.25) is 5.91 Å². The van der Waals surface area contributed by atoms with Crippen LogP contribution >= 0.6 is 0 Å². The molecule has 1 heterocycles. The van der Waals surface area contributed by atoms with E-state index in [4.69, 9.17) is 4.74 Å². The number of nitrogens with zero attached hydrogens (tertiary/aromatic N) is 1. The van der Waals surface area contributed by atoms with Crippen molar-refractivity contribution in [3.05, 3.63) is 29.6 Å². The summed E-state index contributed by atoms with van der Waals surface area (Å²) < 4.78 is 24.7. The number of anilines is 1. The van der Waals surface area contributed by atoms with Gasteiger partial charge in [-0.3, -0.25) is 9.69 Å². The van der Waals surface area contributed by atoms with E-state index >= 15 is 0 Å². The van der Waals surface area contributed by atoms with Crippen molar-refractivity contribution in [2.75, 3.05) is 19.0 Å². The first kappa shape index (κ1) is 24.0. The van der Waals surface area contributed by atoms with Gasteiger partial charge in [0, 0.05) is 6.54 Å². The summed E-state index contributed by atoms with van der Waals surface area (Å²) >= 11 is 0. The first-order chi connectivity index (χ1) is 15.1. The minimum Gasteiger partial charge on any atom is -0.465 e. The van der Waals surface area contributed by atoms with Gasteiger partial charge in [-0.25, -0.2) is 14.0 Å². The van der Waals surface area contributed by atoms with Gasteiger partial charge in [0.05, 0.1) is 18.4 Å². The molecule has 176 valence electrons. The summed E-state index contributed by atoms with van der Waals surface area (Å²) in [7, 11) is 1.21. The van der Waals surface area contributed by atoms with Crippen LogP contribution in [0.25, 0.3) is 0 Å². The SMILES string of the molecule is COC(=O)c1ccc(NC(=O)[C@@H]2[C@H](C3CCCCC3)CCN2C(=O)OC(C)(C)C)c(F)c1. The van der Waals surface area contributed by atoms with Crippen LogP contribution in [0.3, 0.4) is 0 Å². The van der Waals surface area contributed by atoms with Gasteiger partial charge in [0.1, 0.15) is 17.5 Å². The van der Waals surface area contributed by atoms with E-state index in [2.05, 4.69) is 10.1 Å². The minimum atomic E-state index is -0.739. The molecule has 1 aromatic rings. The number of benzene rings is 1. The minimum absolute atomic E-state index is 0.000206. The van der Waals surface area contributed by atoms with E-state index in [1.54, 1.807) is 20.8 Å². The molecule has 1 aromatic carbocycles. The summed E-state index contributed by atoms with van der Waals surface area (Å²) in [6.07, 6.45) is 5.66. The topological polar surface area (TPSA) is 84.9 Å². The Balaban J connectivity index is 1.83. The van der Waals surface area contributed by atoms with Gasteiger partial charge in [-0.15, -0.1) is 0 Å². The van der Waals surface area contributed by atoms with Gasteiger partial charge in [0.25, 0.3) is 0 Å². The fourth-order valence-electron chi connectivity index (χ4n) is 4.80. The molecular weight excluding hydrogens is 415 g/mol. The summed E-state index contributed by atoms with van der Waals surface area (Å²) in [6.45, 7) is 5.78. The van der Waals surface area contributed by atoms with Crippen LogP contribution in [0, 0.1) is 17.7 Å². The molecule has 7 nitrogen and oxygen atoms in total. The summed E-state index contributed by atoms with van der Waals surface area (Å²) in [4.78, 5) is 39.3. The Morgan fingerprint density at radius 2 is 1.78 bits per heavy atom. The maximum absolute atomic E-state index is 14.6. The number of hydrogen-bond acceptors (Lipinski definition) is 5. The van der Waals surface area contributed by atoms with Gasteiger partial charge in [0.15, 0.2) is 0 Å². The van der Waals surface area contributed by atoms with Crippen LogP contribution in [0.4, 0.5) is 14.9 Å². The number of hydrogen-bond donors (Lipinski definition) is 1. The molecule has 0 radical (unpaired) electrons. The zero-order chi connectivity index (χ0) is 23.5. The Labute approximate surface area is 188 Å². The lowest BCUT2D eigenvalue weighted by Crippen LogP contribution is -2.49. The van der Waals surface area contributed by atoms with Crippen molar-refractivity contribution in [3.8, 4) is 0 Å². The number of carbonyl (C=O) groups excluding carboxylic acids is 3. The maximum Gasteiger partial charge on any atom is 0.410 e. The number of methoxy groups -OCH3 is 1. The van der Waals surface area contributed by atoms with Crippen LogP contribution in [-0.2, 0) is 14.3 Å². The summed E-state index contributed by atoms with van der Waals surface area (Å²) in [6, 6.07) is 3.03. The van der Waals surface area contributed by atoms with E-state index < -0.39 is 35.4 Å². The van der Waals surface area contributed by atoms with E-state index in [0.717, 1.165) is 31.7 Å². The highest BCUT2D eigenvalue weighted by atomic mass is 19.1. The number of halogens is 1. The number of amides is 2. The predicted octanol–water partition coefficient (Wildman–Crippen LogP) is 4.76. The molecule has 32 heavy (non-hydrogen) atoms. The second kappa shape index (κ2) is 9.88. The van der Waals surface area contributed by atoms with E-state index in [9.17, 15) is 18.8 Å². The number of nitrogens with one attached hydrogen (secondary N) is 1. The third-order valence-electron chi connectivity index (χ3n) is 6.24. The van der Waals surface area contributed by atoms with Crippen molar-refractivity contribution in [1.29, 1.82) is 0 Å². The smallest absolute Gasteiger partial charge is 0.410 e. The maximum atomic E-state index is 14.6. The Morgan fingerprint density at radius 3 is 2.38 bits per heavy atom. The predicted molar refractivity (Wildman–Crippen MR) is 118 cm³/mol. The second-order valence-corrected chi connectivity index (χ2v) is 9.64. The van der Waals surface area contributed by atoms with E-state index in [1.165, 1.54) is 30.6 Å². The van der Waals surface area contributed by atoms with Crippen LogP contribution in [0.2, 0.25) is 0 Å². The molecule has 1 aliphatic heterocycles. The lowest BCUT2D eigenvalue weighted by molar-refractivity contribution is -0.122. The average Bonchev–Trinajstić information content (AvgIpc) is 3.19. The van der Waals surface area contributed by atoms with Gasteiger partial charge in [-0.05, 0) is 57.2 Å². The van der Waals surface area contributed by atoms with Gasteiger partial charge in [-0.2, -0.15) is 0 Å². The normalized spacial score (nSPS) is 21.8. The molecule has 0 unspecified atom stereocenters. The molecule has 8 heteroatoms. The lowest BCUT2D eigenvalue weighted by Gasteiger charge is -2.34. The Morgan fingerprint density at radius 1 is 1.09 bits per heavy atom. The van der Waals surface area contributed by atoms with Crippen LogP contribution in [0.5, 0.6) is 0 Å². The highest BCUT2D eigenvalue weighted by molar-refractivity contribution is 5.98. The average molecular weight is 449 g/mol. The van der Waals surface area contributed by atoms with Crippen LogP contribution < -0.4 is 5.32 Å². The highest BCUT2D eigenvalue weighted by Crippen LogP contribution is 2.40. The molecule has 1 saturated heterocycles. The van der Waals surface area contributed by atoms with E-state index in [0.29, 0.717) is 18.9 Å². The molecule has 0 bridgehead atoms. The third-order valence-corrected chi connectivity index (χ3v) is 6.24. The molecule has 3 rings (SSSR count). The number of carbonyl (C=O) groups is 3. The first-order valence-electron chi connectivity index (χ1n) is 11.3.